The van der Waals surface area contributed by atoms with Gasteiger partial charge in [0.15, 0.2) is 0 Å². The lowest BCUT2D eigenvalue weighted by Gasteiger charge is -2.43. The Bertz CT molecular complexity index is 4050. The second-order valence-corrected chi connectivity index (χ2v) is 32.0. The van der Waals surface area contributed by atoms with E-state index in [0.717, 1.165) is 137 Å². The van der Waals surface area contributed by atoms with E-state index in [1.807, 2.05) is 178 Å². The van der Waals surface area contributed by atoms with Gasteiger partial charge in [-0.2, -0.15) is 5.26 Å². The molecule has 0 spiro atoms. The Morgan fingerprint density at radius 1 is 0.380 bits per heavy atom. The third-order valence-electron chi connectivity index (χ3n) is 18.6. The smallest absolute Gasteiger partial charge is 0.408 e. The zero-order valence-corrected chi connectivity index (χ0v) is 63.4. The minimum absolute atomic E-state index is 0.166. The van der Waals surface area contributed by atoms with Crippen LogP contribution in [-0.4, -0.2) is 57.7 Å². The van der Waals surface area contributed by atoms with Gasteiger partial charge in [0.2, 0.25) is 11.6 Å². The highest BCUT2D eigenvalue weighted by Gasteiger charge is 2.47. The lowest BCUT2D eigenvalue weighted by atomic mass is 9.64. The molecule has 17 heteroatoms. The van der Waals surface area contributed by atoms with Crippen LogP contribution in [0.15, 0.2) is 195 Å². The summed E-state index contributed by atoms with van der Waals surface area (Å²) in [5, 5.41) is 27.4. The first-order chi connectivity index (χ1) is 47.3. The number of alkyl carbamates (subject to hydrolysis) is 3. The molecule has 524 valence electrons. The molecule has 0 atom stereocenters. The summed E-state index contributed by atoms with van der Waals surface area (Å²) in [5.41, 5.74) is 4.62. The number of carbonyl (C=O) groups is 6. The molecule has 0 aromatic heterocycles. The van der Waals surface area contributed by atoms with Crippen molar-refractivity contribution in [2.75, 3.05) is 0 Å². The van der Waals surface area contributed by atoms with E-state index in [9.17, 15) is 33.9 Å². The van der Waals surface area contributed by atoms with Crippen LogP contribution in [-0.2, 0) is 46.5 Å². The molecule has 5 aliphatic carbocycles. The van der Waals surface area contributed by atoms with E-state index in [2.05, 4.69) is 106 Å². The Balaban J connectivity index is 0.000000164. The molecule has 0 saturated heterocycles. The Hall–Kier alpha value is -8.35. The number of hydrogen-bond acceptors (Lipinski definition) is 10. The summed E-state index contributed by atoms with van der Waals surface area (Å²) in [6.07, 6.45) is 13.3. The first kappa shape index (κ1) is 77.4. The van der Waals surface area contributed by atoms with Crippen LogP contribution in [0.25, 0.3) is 0 Å². The van der Waals surface area contributed by atoms with Crippen molar-refractivity contribution in [3.05, 3.63) is 245 Å². The summed E-state index contributed by atoms with van der Waals surface area (Å²) < 4.78 is 19.3. The Morgan fingerprint density at radius 3 is 0.960 bits per heavy atom. The summed E-state index contributed by atoms with van der Waals surface area (Å²) in [7, 11) is 0. The molecule has 14 nitrogen and oxygen atoms in total. The number of benzene rings is 7. The normalized spacial score (nSPS) is 16.6. The molecule has 0 aliphatic heterocycles. The quantitative estimate of drug-likeness (QED) is 0.0391. The van der Waals surface area contributed by atoms with E-state index in [1.54, 1.807) is 42.5 Å². The maximum Gasteiger partial charge on any atom is 0.408 e. The van der Waals surface area contributed by atoms with Gasteiger partial charge in [-0.1, -0.05) is 187 Å². The molecule has 12 rings (SSSR count). The molecule has 100 heavy (non-hydrogen) atoms. The molecule has 7 aromatic carbocycles. The van der Waals surface area contributed by atoms with Gasteiger partial charge in [0.25, 0.3) is 0 Å². The predicted octanol–water partition coefficient (Wildman–Crippen LogP) is 20.3. The highest BCUT2D eigenvalue weighted by molar-refractivity contribution is 9.11. The van der Waals surface area contributed by atoms with Crippen LogP contribution >= 0.6 is 47.8 Å². The molecule has 0 heterocycles. The van der Waals surface area contributed by atoms with Crippen molar-refractivity contribution in [2.45, 2.75) is 203 Å². The minimum Gasteiger partial charge on any atom is -0.481 e. The molecule has 3 amide bonds. The summed E-state index contributed by atoms with van der Waals surface area (Å²) in [5.74, 6) is 4.59. The van der Waals surface area contributed by atoms with Crippen molar-refractivity contribution >= 4 is 83.6 Å². The van der Waals surface area contributed by atoms with Crippen LogP contribution in [0, 0.1) is 23.2 Å². The number of nitrogens with one attached hydrogen (secondary N) is 3. The van der Waals surface area contributed by atoms with Gasteiger partial charge in [0, 0.05) is 35.7 Å². The zero-order chi connectivity index (χ0) is 72.6. The molecule has 0 unspecified atom stereocenters. The third kappa shape index (κ3) is 20.9. The second kappa shape index (κ2) is 33.4. The summed E-state index contributed by atoms with van der Waals surface area (Å²) in [6.45, 7) is 16.7. The van der Waals surface area contributed by atoms with Crippen LogP contribution in [0.3, 0.4) is 0 Å². The van der Waals surface area contributed by atoms with Crippen molar-refractivity contribution in [3.8, 4) is 17.9 Å². The van der Waals surface area contributed by atoms with Gasteiger partial charge in [-0.3, -0.25) is 14.4 Å². The summed E-state index contributed by atoms with van der Waals surface area (Å²) in [4.78, 5) is 72.4. The van der Waals surface area contributed by atoms with Crippen LogP contribution in [0.4, 0.5) is 14.4 Å². The van der Waals surface area contributed by atoms with Crippen LogP contribution in [0.2, 0.25) is 0 Å². The van der Waals surface area contributed by atoms with E-state index in [-0.39, 0.29) is 28.7 Å². The first-order valence-corrected chi connectivity index (χ1v) is 36.6. The van der Waals surface area contributed by atoms with Crippen LogP contribution in [0.5, 0.6) is 0 Å². The Labute approximate surface area is 614 Å². The number of carbonyl (C=O) groups excluding carboxylic acids is 5. The number of amides is 3. The number of hydrogen-bond donors (Lipinski definition) is 4. The Morgan fingerprint density at radius 2 is 0.670 bits per heavy atom. The number of carboxylic acid groups (broad SMARTS) is 1. The second-order valence-electron chi connectivity index (χ2n) is 29.3. The van der Waals surface area contributed by atoms with Crippen LogP contribution < -0.4 is 16.0 Å². The minimum atomic E-state index is -0.689. The Kier molecular flexibility index (Phi) is 25.9. The average molecular weight is 1540 g/mol. The van der Waals surface area contributed by atoms with Gasteiger partial charge < -0.3 is 35.3 Å². The largest absolute Gasteiger partial charge is 0.481 e. The third-order valence-corrected chi connectivity index (χ3v) is 20.2. The fourth-order valence-corrected chi connectivity index (χ4v) is 13.1. The topological polar surface area (TPSA) is 210 Å². The number of halogens is 3. The molecule has 4 N–H and O–H groups in total. The molecule has 5 saturated carbocycles. The van der Waals surface area contributed by atoms with Gasteiger partial charge in [-0.05, 0) is 241 Å². The molecule has 7 aromatic rings. The van der Waals surface area contributed by atoms with Crippen molar-refractivity contribution in [2.24, 2.45) is 0 Å². The summed E-state index contributed by atoms with van der Waals surface area (Å²) >= 11 is 10.2. The maximum absolute atomic E-state index is 12.5. The highest BCUT2D eigenvalue weighted by atomic mass is 79.9. The monoisotopic (exact) mass is 1540 g/mol. The van der Waals surface area contributed by atoms with Gasteiger partial charge in [0.1, 0.15) is 16.8 Å². The lowest BCUT2D eigenvalue weighted by Crippen LogP contribution is -2.52. The number of rotatable bonds is 12. The van der Waals surface area contributed by atoms with E-state index >= 15 is 0 Å². The van der Waals surface area contributed by atoms with Crippen molar-refractivity contribution in [3.63, 3.8) is 0 Å². The number of nitrogens with zero attached hydrogens (tertiary/aromatic N) is 1. The van der Waals surface area contributed by atoms with Crippen molar-refractivity contribution in [1.29, 1.82) is 5.26 Å². The molecule has 5 aliphatic rings. The van der Waals surface area contributed by atoms with E-state index < -0.39 is 51.4 Å². The number of ketones is 2. The van der Waals surface area contributed by atoms with Gasteiger partial charge in [-0.15, -0.1) is 0 Å². The predicted molar refractivity (Wildman–Crippen MR) is 402 cm³/mol. The molecular weight excluding hydrogens is 1450 g/mol. The lowest BCUT2D eigenvalue weighted by molar-refractivity contribution is -0.147. The molecular formula is C83H91Br3N4O10. The molecule has 5 fully saturated rings. The number of aliphatic carboxylic acids is 1. The standard InChI is InChI=1S/C23H25NO4.C23H25NO2.C15H20BrNO2.C11H10BrN.C11H11BrO2/c1-22(2,3)28-21(27)24-23(14-7-15-23)18-12-10-17(11-13-18)20(26)19(25)16-8-5-4-6-9-16;1-22(2,3)26-21(25)24-23(16-7-17-23)20-14-12-19(13-15-20)11-10-18-8-5-4-6-9-18;1-14(2,3)19-13(18)17-15(9-4-10-15)11-5-7-12(16)8-6-11;12-10-4-2-9(3-5-10)11(8-13)6-1-7-11;12-9-4-2-8(3-5-9)11(10(13)14)6-1-7-11/h4-6,8-13H,7,14-15H2,1-3H3,(H,24,27);4-6,8-9,12-15H,7,16-17H2,1-3H3,(H,24,25);5-8H,4,9-10H2,1-3H3,(H,17,18);2-5H,1,6-7H2;2-5H,1,6-7H2,(H,13,14). The number of nitriles is 1. The van der Waals surface area contributed by atoms with Crippen molar-refractivity contribution in [1.82, 2.24) is 16.0 Å². The van der Waals surface area contributed by atoms with Gasteiger partial charge >= 0.3 is 24.2 Å². The first-order valence-electron chi connectivity index (χ1n) is 34.2. The number of ether oxygens (including phenoxy) is 3. The molecule has 0 bridgehead atoms. The van der Waals surface area contributed by atoms with Crippen LogP contribution in [0.1, 0.15) is 218 Å². The maximum atomic E-state index is 12.5. The average Bonchev–Trinajstić information content (AvgIpc) is 0.797. The highest BCUT2D eigenvalue weighted by Crippen LogP contribution is 2.47. The SMILES string of the molecule is CC(C)(C)OC(=O)NC1(c2ccc(Br)cc2)CCC1.CC(C)(C)OC(=O)NC1(c2ccc(C#Cc3ccccc3)cc2)CCC1.CC(C)(C)OC(=O)NC1(c2ccc(C(=O)C(=O)c3ccccc3)cc2)CCC1.N#CC1(c2ccc(Br)cc2)CCC1.O=C(O)C1(c2ccc(Br)cc2)CCC1. The van der Waals surface area contributed by atoms with Gasteiger partial charge in [0.05, 0.1) is 33.5 Å². The zero-order valence-electron chi connectivity index (χ0n) is 58.6. The van der Waals surface area contributed by atoms with E-state index in [0.29, 0.717) is 11.1 Å². The van der Waals surface area contributed by atoms with Crippen molar-refractivity contribution < 1.29 is 48.1 Å². The van der Waals surface area contributed by atoms with Gasteiger partial charge in [-0.25, -0.2) is 14.4 Å². The fraction of sp³-hybridized carbons (Fsp3) is 0.386. The molecule has 0 radical (unpaired) electrons. The number of carboxylic acids is 1. The number of Topliss-reactive ketones (excluding diaryl/α,β-unsaturated/α-hetero) is 2. The summed E-state index contributed by atoms with van der Waals surface area (Å²) in [6, 6.07) is 59.8. The fourth-order valence-electron chi connectivity index (χ4n) is 12.3. The van der Waals surface area contributed by atoms with E-state index in [1.165, 1.54) is 12.0 Å². The van der Waals surface area contributed by atoms with E-state index in [4.69, 9.17) is 19.5 Å².